The van der Waals surface area contributed by atoms with Crippen molar-refractivity contribution in [1.29, 1.82) is 0 Å². The molecule has 0 heterocycles. The van der Waals surface area contributed by atoms with E-state index in [4.69, 9.17) is 0 Å². The molecule has 0 saturated carbocycles. The number of hydrogen-bond donors (Lipinski definition) is 0. The van der Waals surface area contributed by atoms with Gasteiger partial charge in [-0.1, -0.05) is 152 Å². The molecule has 0 saturated heterocycles. The van der Waals surface area contributed by atoms with Crippen molar-refractivity contribution in [3.8, 4) is 0 Å². The van der Waals surface area contributed by atoms with Crippen LogP contribution in [-0.2, 0) is 19.3 Å². The zero-order valence-corrected chi connectivity index (χ0v) is 22.5. The van der Waals surface area contributed by atoms with Gasteiger partial charge < -0.3 is 0 Å². The molecule has 0 amide bonds. The summed E-state index contributed by atoms with van der Waals surface area (Å²) in [6.07, 6.45) is 3.88. The molecule has 3 aliphatic rings. The van der Waals surface area contributed by atoms with Crippen LogP contribution in [0.1, 0.15) is 57.8 Å². The summed E-state index contributed by atoms with van der Waals surface area (Å²) in [6.45, 7) is 2.54. The predicted molar refractivity (Wildman–Crippen MR) is 167 cm³/mol. The van der Waals surface area contributed by atoms with Crippen molar-refractivity contribution in [2.75, 3.05) is 0 Å². The van der Waals surface area contributed by atoms with Crippen LogP contribution in [0.4, 0.5) is 0 Å². The molecule has 0 fully saturated rings. The molecule has 1 heteroatoms. The predicted octanol–water partition coefficient (Wildman–Crippen LogP) is 9.55. The Morgan fingerprint density at radius 3 is 1.08 bits per heavy atom. The fourth-order valence-electron chi connectivity index (χ4n) is 10.2. The van der Waals surface area contributed by atoms with Gasteiger partial charge in [-0.05, 0) is 49.0 Å². The largest absolute Gasteiger partial charge is 0.179 e. The van der Waals surface area contributed by atoms with Crippen molar-refractivity contribution in [2.45, 2.75) is 50.0 Å². The van der Waals surface area contributed by atoms with E-state index in [0.29, 0.717) is 17.5 Å². The first-order valence-electron chi connectivity index (χ1n) is 15.0. The molecule has 0 aliphatic heterocycles. The van der Waals surface area contributed by atoms with Crippen LogP contribution in [0.15, 0.2) is 109 Å². The van der Waals surface area contributed by atoms with Gasteiger partial charge in [-0.2, -0.15) is 6.32 Å². The first-order valence-corrected chi connectivity index (χ1v) is 15.0. The molecule has 0 nitrogen and oxygen atoms in total. The molecule has 9 rings (SSSR count). The zero-order valence-electron chi connectivity index (χ0n) is 22.5. The Kier molecular flexibility index (Phi) is 4.44. The van der Waals surface area contributed by atoms with E-state index >= 15 is 0 Å². The first kappa shape index (κ1) is 22.0. The lowest BCUT2D eigenvalue weighted by Gasteiger charge is -2.55. The standard InChI is InChI=1S/C38H32B/c1-2-39(33-21-27-15-3-9-24-12-6-18-30(33)36(24)27,34-22-28-16-4-10-25-13-7-19-31(34)37(25)28)35-23-29-17-5-11-26-14-8-20-32(35)38(26)29/h3-20,33-35H,2,21-23H2,1H3/q-1. The molecule has 3 unspecified atom stereocenters. The summed E-state index contributed by atoms with van der Waals surface area (Å²) in [5.41, 5.74) is 9.56. The second-order valence-electron chi connectivity index (χ2n) is 12.7. The number of benzene rings is 6. The van der Waals surface area contributed by atoms with Crippen LogP contribution in [0.25, 0.3) is 32.3 Å². The smallest absolute Gasteiger partial charge is 0.0247 e. The summed E-state index contributed by atoms with van der Waals surface area (Å²) >= 11 is 0. The van der Waals surface area contributed by atoms with Crippen molar-refractivity contribution >= 4 is 38.5 Å². The molecule has 0 bridgehead atoms. The summed E-state index contributed by atoms with van der Waals surface area (Å²) in [6, 6.07) is 42.5. The van der Waals surface area contributed by atoms with Crippen molar-refractivity contribution in [3.63, 3.8) is 0 Å². The van der Waals surface area contributed by atoms with E-state index in [1.54, 1.807) is 49.5 Å². The average Bonchev–Trinajstić information content (AvgIpc) is 3.67. The second kappa shape index (κ2) is 7.86. The van der Waals surface area contributed by atoms with Crippen LogP contribution in [0.3, 0.4) is 0 Å². The highest BCUT2D eigenvalue weighted by molar-refractivity contribution is 6.84. The van der Waals surface area contributed by atoms with Gasteiger partial charge in [-0.3, -0.25) is 0 Å². The van der Waals surface area contributed by atoms with Crippen molar-refractivity contribution in [2.24, 2.45) is 0 Å². The minimum Gasteiger partial charge on any atom is -0.179 e. The summed E-state index contributed by atoms with van der Waals surface area (Å²) in [4.78, 5) is 0. The van der Waals surface area contributed by atoms with Crippen molar-refractivity contribution in [1.82, 2.24) is 0 Å². The molecular formula is C38H32B-. The van der Waals surface area contributed by atoms with E-state index in [1.807, 2.05) is 0 Å². The third kappa shape index (κ3) is 2.76. The summed E-state index contributed by atoms with van der Waals surface area (Å²) in [5, 5.41) is 8.90. The van der Waals surface area contributed by atoms with Gasteiger partial charge >= 0.3 is 0 Å². The fraction of sp³-hybridized carbons (Fsp3) is 0.211. The van der Waals surface area contributed by atoms with Gasteiger partial charge in [0, 0.05) is 6.15 Å². The number of hydrogen-bond acceptors (Lipinski definition) is 0. The van der Waals surface area contributed by atoms with E-state index in [2.05, 4.69) is 116 Å². The molecule has 0 aromatic heterocycles. The Bertz CT molecular complexity index is 1720. The minimum atomic E-state index is -0.882. The Morgan fingerprint density at radius 2 is 0.769 bits per heavy atom. The SMILES string of the molecule is CC[B-](C1Cc2cccc3cccc1c23)(C1Cc2cccc3cccc1c23)C1Cc2cccc3cccc1c23. The lowest BCUT2D eigenvalue weighted by molar-refractivity contribution is 0.738. The normalized spacial score (nSPS) is 22.2. The van der Waals surface area contributed by atoms with Crippen LogP contribution < -0.4 is 0 Å². The molecule has 6 aromatic rings. The highest BCUT2D eigenvalue weighted by Crippen LogP contribution is 2.60. The van der Waals surface area contributed by atoms with Gasteiger partial charge in [0.05, 0.1) is 0 Å². The molecule has 0 N–H and O–H groups in total. The van der Waals surface area contributed by atoms with Gasteiger partial charge in [-0.25, -0.2) is 0 Å². The maximum Gasteiger partial charge on any atom is 0.0247 e. The van der Waals surface area contributed by atoms with E-state index in [1.165, 1.54) is 41.7 Å². The van der Waals surface area contributed by atoms with Crippen LogP contribution in [-0.4, -0.2) is 6.15 Å². The Labute approximate surface area is 230 Å². The van der Waals surface area contributed by atoms with Crippen LogP contribution >= 0.6 is 0 Å². The highest BCUT2D eigenvalue weighted by atomic mass is 14.4. The van der Waals surface area contributed by atoms with Gasteiger partial charge in [-0.15, -0.1) is 17.5 Å². The lowest BCUT2D eigenvalue weighted by atomic mass is 9.06. The van der Waals surface area contributed by atoms with Gasteiger partial charge in [0.1, 0.15) is 0 Å². The monoisotopic (exact) mass is 499 g/mol. The van der Waals surface area contributed by atoms with Crippen LogP contribution in [0, 0.1) is 0 Å². The third-order valence-electron chi connectivity index (χ3n) is 11.5. The average molecular weight is 499 g/mol. The van der Waals surface area contributed by atoms with Gasteiger partial charge in [0.2, 0.25) is 0 Å². The van der Waals surface area contributed by atoms with E-state index < -0.39 is 6.15 Å². The topological polar surface area (TPSA) is 0 Å². The van der Waals surface area contributed by atoms with Crippen LogP contribution in [0.2, 0.25) is 6.32 Å². The molecule has 0 radical (unpaired) electrons. The molecule has 3 aliphatic carbocycles. The summed E-state index contributed by atoms with van der Waals surface area (Å²) in [5.74, 6) is 1.67. The highest BCUT2D eigenvalue weighted by Gasteiger charge is 2.50. The molecular weight excluding hydrogens is 467 g/mol. The van der Waals surface area contributed by atoms with E-state index in [0.717, 1.165) is 0 Å². The van der Waals surface area contributed by atoms with E-state index in [-0.39, 0.29) is 0 Å². The maximum absolute atomic E-state index is 2.54. The molecule has 3 atom stereocenters. The third-order valence-corrected chi connectivity index (χ3v) is 11.5. The fourth-order valence-corrected chi connectivity index (χ4v) is 10.2. The summed E-state index contributed by atoms with van der Waals surface area (Å²) < 4.78 is 0. The Balaban J connectivity index is 1.34. The van der Waals surface area contributed by atoms with Crippen molar-refractivity contribution in [3.05, 3.63) is 143 Å². The maximum atomic E-state index is 2.54. The molecule has 39 heavy (non-hydrogen) atoms. The number of rotatable bonds is 4. The molecule has 6 aromatic carbocycles. The molecule has 188 valence electrons. The Hall–Kier alpha value is -3.84. The lowest BCUT2D eigenvalue weighted by Crippen LogP contribution is -2.53. The minimum absolute atomic E-state index is 0.556. The summed E-state index contributed by atoms with van der Waals surface area (Å²) in [7, 11) is 0. The quantitative estimate of drug-likeness (QED) is 0.212. The van der Waals surface area contributed by atoms with Crippen LogP contribution in [0.5, 0.6) is 0 Å². The van der Waals surface area contributed by atoms with Crippen molar-refractivity contribution < 1.29 is 0 Å². The zero-order chi connectivity index (χ0) is 25.7. The van der Waals surface area contributed by atoms with E-state index in [9.17, 15) is 0 Å². The van der Waals surface area contributed by atoms with Gasteiger partial charge in [0.15, 0.2) is 0 Å². The second-order valence-corrected chi connectivity index (χ2v) is 12.7. The first-order chi connectivity index (χ1) is 19.3. The van der Waals surface area contributed by atoms with Gasteiger partial charge in [0.25, 0.3) is 0 Å². The molecule has 0 spiro atoms. The Morgan fingerprint density at radius 1 is 0.462 bits per heavy atom.